The Labute approximate surface area is 171 Å². The first-order chi connectivity index (χ1) is 14.0. The lowest BCUT2D eigenvalue weighted by Crippen LogP contribution is -2.24. The van der Waals surface area contributed by atoms with Crippen LogP contribution in [-0.4, -0.2) is 20.3 Å². The number of aromatic nitrogens is 3. The first-order valence-corrected chi connectivity index (χ1v) is 9.69. The smallest absolute Gasteiger partial charge is 0.262 e. The summed E-state index contributed by atoms with van der Waals surface area (Å²) in [6.45, 7) is 7.46. The minimum Gasteiger partial charge on any atom is -0.349 e. The number of benzene rings is 1. The van der Waals surface area contributed by atoms with Crippen LogP contribution in [0.1, 0.15) is 35.9 Å². The maximum atomic E-state index is 12.5. The van der Waals surface area contributed by atoms with Gasteiger partial charge in [-0.25, -0.2) is 4.68 Å². The molecule has 1 amide bonds. The van der Waals surface area contributed by atoms with Crippen LogP contribution in [0.5, 0.6) is 0 Å². The maximum Gasteiger partial charge on any atom is 0.262 e. The molecule has 2 aromatic heterocycles. The molecule has 0 aliphatic rings. The summed E-state index contributed by atoms with van der Waals surface area (Å²) in [6, 6.07) is 13.7. The number of amides is 1. The molecule has 29 heavy (non-hydrogen) atoms. The van der Waals surface area contributed by atoms with Gasteiger partial charge in [0, 0.05) is 36.9 Å². The Hall–Kier alpha value is -3.59. The van der Waals surface area contributed by atoms with E-state index in [9.17, 15) is 10.1 Å². The van der Waals surface area contributed by atoms with Crippen LogP contribution in [0.25, 0.3) is 11.8 Å². The first kappa shape index (κ1) is 20.2. The molecule has 1 N–H and O–H groups in total. The van der Waals surface area contributed by atoms with Crippen molar-refractivity contribution in [2.24, 2.45) is 0 Å². The van der Waals surface area contributed by atoms with Gasteiger partial charge in [-0.05, 0) is 61.7 Å². The Morgan fingerprint density at radius 2 is 2.03 bits per heavy atom. The van der Waals surface area contributed by atoms with Gasteiger partial charge in [0.05, 0.1) is 5.69 Å². The van der Waals surface area contributed by atoms with Gasteiger partial charge in [0.1, 0.15) is 11.6 Å². The predicted molar refractivity (Wildman–Crippen MR) is 113 cm³/mol. The fourth-order valence-corrected chi connectivity index (χ4v) is 3.31. The highest BCUT2D eigenvalue weighted by Crippen LogP contribution is 2.19. The van der Waals surface area contributed by atoms with Gasteiger partial charge in [-0.2, -0.15) is 10.4 Å². The number of carbonyl (C=O) groups is 1. The third kappa shape index (κ3) is 4.64. The highest BCUT2D eigenvalue weighted by molar-refractivity contribution is 6.01. The topological polar surface area (TPSA) is 75.6 Å². The summed E-state index contributed by atoms with van der Waals surface area (Å²) in [5.41, 5.74) is 5.11. The molecule has 0 saturated heterocycles. The molecule has 148 valence electrons. The molecule has 6 heteroatoms. The van der Waals surface area contributed by atoms with Gasteiger partial charge in [-0.1, -0.05) is 19.1 Å². The summed E-state index contributed by atoms with van der Waals surface area (Å²) in [5.74, 6) is -0.371. The molecule has 0 aliphatic heterocycles. The summed E-state index contributed by atoms with van der Waals surface area (Å²) in [4.78, 5) is 12.5. The largest absolute Gasteiger partial charge is 0.349 e. The number of aryl methyl sites for hydroxylation is 1. The van der Waals surface area contributed by atoms with Crippen LogP contribution >= 0.6 is 0 Å². The van der Waals surface area contributed by atoms with Crippen molar-refractivity contribution in [1.29, 1.82) is 5.26 Å². The third-order valence-corrected chi connectivity index (χ3v) is 4.88. The Kier molecular flexibility index (Phi) is 6.30. The second kappa shape index (κ2) is 9.07. The highest BCUT2D eigenvalue weighted by Gasteiger charge is 2.12. The highest BCUT2D eigenvalue weighted by atomic mass is 16.1. The van der Waals surface area contributed by atoms with Gasteiger partial charge in [-0.3, -0.25) is 4.79 Å². The van der Waals surface area contributed by atoms with Crippen molar-refractivity contribution < 1.29 is 4.79 Å². The van der Waals surface area contributed by atoms with Gasteiger partial charge in [-0.15, -0.1) is 0 Å². The number of hydrogen-bond acceptors (Lipinski definition) is 3. The van der Waals surface area contributed by atoms with Crippen molar-refractivity contribution in [2.45, 2.75) is 40.3 Å². The number of nitriles is 1. The number of rotatable bonds is 7. The first-order valence-electron chi connectivity index (χ1n) is 9.69. The number of nitrogens with one attached hydrogen (secondary N) is 1. The van der Waals surface area contributed by atoms with Gasteiger partial charge >= 0.3 is 0 Å². The fraction of sp³-hybridized carbons (Fsp3) is 0.261. The monoisotopic (exact) mass is 387 g/mol. The number of hydrogen-bond donors (Lipinski definition) is 1. The summed E-state index contributed by atoms with van der Waals surface area (Å²) >= 11 is 0. The molecule has 3 aromatic rings. The lowest BCUT2D eigenvalue weighted by Gasteiger charge is -2.08. The molecule has 6 nitrogen and oxygen atoms in total. The molecule has 0 spiro atoms. The molecule has 1 aromatic carbocycles. The molecule has 0 fully saturated rings. The van der Waals surface area contributed by atoms with E-state index in [1.54, 1.807) is 17.0 Å². The van der Waals surface area contributed by atoms with Gasteiger partial charge in [0.25, 0.3) is 5.91 Å². The summed E-state index contributed by atoms with van der Waals surface area (Å²) in [6.07, 6.45) is 6.30. The zero-order chi connectivity index (χ0) is 20.8. The van der Waals surface area contributed by atoms with E-state index < -0.39 is 0 Å². The standard InChI is InChI=1S/C23H25N5O/c1-4-11-27-17(2)13-20(18(27)3)14-21(15-24)23(29)25-16-19-6-8-22(9-7-19)28-12-5-10-26-28/h5-10,12-14H,4,11,16H2,1-3H3,(H,25,29)/b21-14+. The van der Waals surface area contributed by atoms with Crippen LogP contribution in [0, 0.1) is 25.2 Å². The van der Waals surface area contributed by atoms with Crippen LogP contribution < -0.4 is 5.32 Å². The van der Waals surface area contributed by atoms with E-state index in [0.29, 0.717) is 6.54 Å². The molecule has 0 bridgehead atoms. The van der Waals surface area contributed by atoms with E-state index in [-0.39, 0.29) is 11.5 Å². The average Bonchev–Trinajstić information content (AvgIpc) is 3.35. The fourth-order valence-electron chi connectivity index (χ4n) is 3.31. The second-order valence-corrected chi connectivity index (χ2v) is 6.95. The Morgan fingerprint density at radius 3 is 2.66 bits per heavy atom. The van der Waals surface area contributed by atoms with E-state index in [1.807, 2.05) is 62.5 Å². The van der Waals surface area contributed by atoms with Crippen molar-refractivity contribution >= 4 is 12.0 Å². The van der Waals surface area contributed by atoms with E-state index in [2.05, 4.69) is 21.9 Å². The van der Waals surface area contributed by atoms with E-state index in [1.165, 1.54) is 0 Å². The minimum atomic E-state index is -0.371. The van der Waals surface area contributed by atoms with Gasteiger partial charge < -0.3 is 9.88 Å². The molecular formula is C23H25N5O. The third-order valence-electron chi connectivity index (χ3n) is 4.88. The second-order valence-electron chi connectivity index (χ2n) is 6.95. The van der Waals surface area contributed by atoms with Crippen LogP contribution in [0.15, 0.2) is 54.4 Å². The zero-order valence-corrected chi connectivity index (χ0v) is 17.0. The summed E-state index contributed by atoms with van der Waals surface area (Å²) in [7, 11) is 0. The molecule has 0 atom stereocenters. The SMILES string of the molecule is CCCn1c(C)cc(/C=C(\C#N)C(=O)NCc2ccc(-n3cccn3)cc2)c1C. The van der Waals surface area contributed by atoms with Crippen LogP contribution in [0.4, 0.5) is 0 Å². The average molecular weight is 387 g/mol. The van der Waals surface area contributed by atoms with Crippen molar-refractivity contribution in [3.8, 4) is 11.8 Å². The van der Waals surface area contributed by atoms with Crippen molar-refractivity contribution in [2.75, 3.05) is 0 Å². The van der Waals surface area contributed by atoms with Crippen LogP contribution in [0.3, 0.4) is 0 Å². The lowest BCUT2D eigenvalue weighted by molar-refractivity contribution is -0.117. The summed E-state index contributed by atoms with van der Waals surface area (Å²) < 4.78 is 3.98. The quantitative estimate of drug-likeness (QED) is 0.493. The van der Waals surface area contributed by atoms with Gasteiger partial charge in [0.2, 0.25) is 0 Å². The number of carbonyl (C=O) groups excluding carboxylic acids is 1. The van der Waals surface area contributed by atoms with E-state index >= 15 is 0 Å². The zero-order valence-electron chi connectivity index (χ0n) is 17.0. The predicted octanol–water partition coefficient (Wildman–Crippen LogP) is 3.92. The van der Waals surface area contributed by atoms with Crippen molar-refractivity contribution in [1.82, 2.24) is 19.7 Å². The van der Waals surface area contributed by atoms with E-state index in [4.69, 9.17) is 0 Å². The molecule has 0 unspecified atom stereocenters. The Balaban J connectivity index is 1.68. The van der Waals surface area contributed by atoms with E-state index in [0.717, 1.165) is 41.2 Å². The summed E-state index contributed by atoms with van der Waals surface area (Å²) in [5, 5.41) is 16.5. The van der Waals surface area contributed by atoms with Crippen LogP contribution in [0.2, 0.25) is 0 Å². The van der Waals surface area contributed by atoms with Crippen molar-refractivity contribution in [3.05, 3.63) is 76.9 Å². The molecule has 0 aliphatic carbocycles. The minimum absolute atomic E-state index is 0.106. The molecule has 2 heterocycles. The molecule has 0 saturated carbocycles. The molecular weight excluding hydrogens is 362 g/mol. The Morgan fingerprint density at radius 1 is 1.28 bits per heavy atom. The van der Waals surface area contributed by atoms with Crippen LogP contribution in [-0.2, 0) is 17.9 Å². The normalized spacial score (nSPS) is 11.3. The number of nitrogens with zero attached hydrogens (tertiary/aromatic N) is 4. The Bertz CT molecular complexity index is 1050. The lowest BCUT2D eigenvalue weighted by atomic mass is 10.1. The van der Waals surface area contributed by atoms with Gasteiger partial charge in [0.15, 0.2) is 0 Å². The molecule has 3 rings (SSSR count). The molecule has 0 radical (unpaired) electrons. The maximum absolute atomic E-state index is 12.5. The van der Waals surface area contributed by atoms with Crippen molar-refractivity contribution in [3.63, 3.8) is 0 Å².